The molecule has 0 saturated heterocycles. The zero-order valence-corrected chi connectivity index (χ0v) is 15.0. The van der Waals surface area contributed by atoms with Crippen LogP contribution in [0.2, 0.25) is 0 Å². The zero-order valence-electron chi connectivity index (χ0n) is 14.2. The number of aromatic nitrogens is 3. The standard InChI is InChI=1S/C17H18N4O2S/c1-8-6-9(2)14-12(7-8)24-17(18-14)19-15(22)13-10(3)11(4)20-21(5)16(13)23/h6-7H,1-5H3,(H,18,19,22). The Morgan fingerprint density at radius 3 is 2.62 bits per heavy atom. The number of hydrogen-bond acceptors (Lipinski definition) is 5. The molecule has 3 aromatic rings. The summed E-state index contributed by atoms with van der Waals surface area (Å²) in [5.41, 5.74) is 4.02. The van der Waals surface area contributed by atoms with Crippen LogP contribution in [0.25, 0.3) is 10.2 Å². The van der Waals surface area contributed by atoms with Crippen LogP contribution in [0.3, 0.4) is 0 Å². The number of thiazole rings is 1. The summed E-state index contributed by atoms with van der Waals surface area (Å²) < 4.78 is 2.20. The quantitative estimate of drug-likeness (QED) is 0.777. The molecule has 1 aromatic carbocycles. The number of aryl methyl sites for hydroxylation is 4. The molecule has 3 rings (SSSR count). The van der Waals surface area contributed by atoms with E-state index in [4.69, 9.17) is 0 Å². The molecule has 2 heterocycles. The van der Waals surface area contributed by atoms with Crippen LogP contribution in [-0.4, -0.2) is 20.7 Å². The maximum Gasteiger partial charge on any atom is 0.279 e. The van der Waals surface area contributed by atoms with Crippen molar-refractivity contribution in [3.05, 3.63) is 50.4 Å². The number of anilines is 1. The van der Waals surface area contributed by atoms with Gasteiger partial charge in [0.1, 0.15) is 5.56 Å². The highest BCUT2D eigenvalue weighted by atomic mass is 32.1. The second kappa shape index (κ2) is 5.83. The second-order valence-corrected chi connectivity index (χ2v) is 6.95. The third-order valence-corrected chi connectivity index (χ3v) is 4.92. The molecule has 2 aromatic heterocycles. The van der Waals surface area contributed by atoms with Crippen molar-refractivity contribution in [3.8, 4) is 0 Å². The number of amides is 1. The van der Waals surface area contributed by atoms with Crippen molar-refractivity contribution in [2.75, 3.05) is 5.32 Å². The van der Waals surface area contributed by atoms with Crippen molar-refractivity contribution < 1.29 is 4.79 Å². The SMILES string of the molecule is Cc1cc(C)c2nc(NC(=O)c3c(C)c(C)nn(C)c3=O)sc2c1. The highest BCUT2D eigenvalue weighted by Gasteiger charge is 2.19. The zero-order chi connectivity index (χ0) is 17.6. The van der Waals surface area contributed by atoms with Crippen LogP contribution in [0, 0.1) is 27.7 Å². The second-order valence-electron chi connectivity index (χ2n) is 5.92. The Balaban J connectivity index is 2.02. The first-order valence-electron chi connectivity index (χ1n) is 7.51. The number of fused-ring (bicyclic) bond motifs is 1. The van der Waals surface area contributed by atoms with Gasteiger partial charge in [-0.1, -0.05) is 17.4 Å². The molecule has 0 radical (unpaired) electrons. The molecular weight excluding hydrogens is 324 g/mol. The van der Waals surface area contributed by atoms with Crippen molar-refractivity contribution in [1.82, 2.24) is 14.8 Å². The molecule has 0 bridgehead atoms. The molecule has 1 amide bonds. The van der Waals surface area contributed by atoms with E-state index in [9.17, 15) is 9.59 Å². The van der Waals surface area contributed by atoms with Crippen LogP contribution in [-0.2, 0) is 7.05 Å². The van der Waals surface area contributed by atoms with Crippen LogP contribution in [0.5, 0.6) is 0 Å². The molecular formula is C17H18N4O2S. The lowest BCUT2D eigenvalue weighted by atomic mass is 10.1. The molecule has 6 nitrogen and oxygen atoms in total. The highest BCUT2D eigenvalue weighted by molar-refractivity contribution is 7.22. The lowest BCUT2D eigenvalue weighted by molar-refractivity contribution is 0.102. The van der Waals surface area contributed by atoms with E-state index in [2.05, 4.69) is 21.5 Å². The summed E-state index contributed by atoms with van der Waals surface area (Å²) in [5.74, 6) is -0.452. The van der Waals surface area contributed by atoms with Gasteiger partial charge < -0.3 is 0 Å². The summed E-state index contributed by atoms with van der Waals surface area (Å²) in [6.45, 7) is 7.52. The number of hydrogen-bond donors (Lipinski definition) is 1. The molecule has 0 atom stereocenters. The van der Waals surface area contributed by atoms with E-state index >= 15 is 0 Å². The summed E-state index contributed by atoms with van der Waals surface area (Å²) >= 11 is 1.40. The van der Waals surface area contributed by atoms with Gasteiger partial charge in [-0.25, -0.2) is 9.67 Å². The van der Waals surface area contributed by atoms with Crippen LogP contribution in [0.4, 0.5) is 5.13 Å². The monoisotopic (exact) mass is 342 g/mol. The minimum atomic E-state index is -0.452. The Labute approximate surface area is 143 Å². The number of carbonyl (C=O) groups is 1. The van der Waals surface area contributed by atoms with Gasteiger partial charge in [0.05, 0.1) is 15.9 Å². The van der Waals surface area contributed by atoms with Gasteiger partial charge in [-0.3, -0.25) is 14.9 Å². The van der Waals surface area contributed by atoms with Crippen molar-refractivity contribution in [1.29, 1.82) is 0 Å². The summed E-state index contributed by atoms with van der Waals surface area (Å²) in [5, 5.41) is 7.33. The largest absolute Gasteiger partial charge is 0.298 e. The third kappa shape index (κ3) is 2.71. The first-order valence-corrected chi connectivity index (χ1v) is 8.33. The molecule has 124 valence electrons. The van der Waals surface area contributed by atoms with Crippen molar-refractivity contribution in [2.45, 2.75) is 27.7 Å². The lowest BCUT2D eigenvalue weighted by Crippen LogP contribution is -2.31. The Kier molecular flexibility index (Phi) is 3.96. The number of nitrogens with one attached hydrogen (secondary N) is 1. The Morgan fingerprint density at radius 1 is 1.21 bits per heavy atom. The Morgan fingerprint density at radius 2 is 1.92 bits per heavy atom. The van der Waals surface area contributed by atoms with Crippen molar-refractivity contribution in [3.63, 3.8) is 0 Å². The molecule has 0 spiro atoms. The first-order chi connectivity index (χ1) is 11.3. The predicted octanol–water partition coefficient (Wildman–Crippen LogP) is 2.88. The van der Waals surface area contributed by atoms with Gasteiger partial charge >= 0.3 is 0 Å². The molecule has 0 aliphatic carbocycles. The topological polar surface area (TPSA) is 76.9 Å². The average molecular weight is 342 g/mol. The smallest absolute Gasteiger partial charge is 0.279 e. The fourth-order valence-electron chi connectivity index (χ4n) is 2.70. The summed E-state index contributed by atoms with van der Waals surface area (Å²) in [6.07, 6.45) is 0. The molecule has 0 aliphatic rings. The van der Waals surface area contributed by atoms with Crippen molar-refractivity contribution >= 4 is 32.6 Å². The van der Waals surface area contributed by atoms with Gasteiger partial charge in [-0.05, 0) is 50.5 Å². The van der Waals surface area contributed by atoms with E-state index < -0.39 is 11.5 Å². The van der Waals surface area contributed by atoms with Gasteiger partial charge in [0.15, 0.2) is 5.13 Å². The Hall–Kier alpha value is -2.54. The summed E-state index contributed by atoms with van der Waals surface area (Å²) in [6, 6.07) is 4.09. The van der Waals surface area contributed by atoms with E-state index in [-0.39, 0.29) is 5.56 Å². The van der Waals surface area contributed by atoms with Gasteiger partial charge in [-0.15, -0.1) is 0 Å². The molecule has 0 saturated carbocycles. The number of benzene rings is 1. The summed E-state index contributed by atoms with van der Waals surface area (Å²) in [7, 11) is 1.54. The normalized spacial score (nSPS) is 11.0. The number of carbonyl (C=O) groups excluding carboxylic acids is 1. The fourth-order valence-corrected chi connectivity index (χ4v) is 3.74. The van der Waals surface area contributed by atoms with Crippen LogP contribution in [0.15, 0.2) is 16.9 Å². The van der Waals surface area contributed by atoms with E-state index in [0.29, 0.717) is 16.4 Å². The summed E-state index contributed by atoms with van der Waals surface area (Å²) in [4.78, 5) is 29.4. The van der Waals surface area contributed by atoms with Crippen molar-refractivity contribution in [2.24, 2.45) is 7.05 Å². The highest BCUT2D eigenvalue weighted by Crippen LogP contribution is 2.29. The van der Waals surface area contributed by atoms with E-state index in [0.717, 1.165) is 21.3 Å². The van der Waals surface area contributed by atoms with Crippen LogP contribution in [0.1, 0.15) is 32.7 Å². The fraction of sp³-hybridized carbons (Fsp3) is 0.294. The lowest BCUT2D eigenvalue weighted by Gasteiger charge is -2.08. The molecule has 1 N–H and O–H groups in total. The van der Waals surface area contributed by atoms with E-state index in [1.165, 1.54) is 23.1 Å². The average Bonchev–Trinajstić information content (AvgIpc) is 2.88. The molecule has 0 fully saturated rings. The minimum Gasteiger partial charge on any atom is -0.298 e. The van der Waals surface area contributed by atoms with Gasteiger partial charge in [0.2, 0.25) is 0 Å². The third-order valence-electron chi connectivity index (χ3n) is 4.00. The maximum absolute atomic E-state index is 12.6. The predicted molar refractivity (Wildman–Crippen MR) is 96.0 cm³/mol. The number of rotatable bonds is 2. The molecule has 24 heavy (non-hydrogen) atoms. The number of nitrogens with zero attached hydrogens (tertiary/aromatic N) is 3. The van der Waals surface area contributed by atoms with Crippen LogP contribution < -0.4 is 10.9 Å². The molecule has 0 aliphatic heterocycles. The minimum absolute atomic E-state index is 0.108. The van der Waals surface area contributed by atoms with Gasteiger partial charge in [0, 0.05) is 7.05 Å². The molecule has 7 heteroatoms. The van der Waals surface area contributed by atoms with E-state index in [1.807, 2.05) is 19.9 Å². The van der Waals surface area contributed by atoms with Gasteiger partial charge in [0.25, 0.3) is 11.5 Å². The molecule has 0 unspecified atom stereocenters. The van der Waals surface area contributed by atoms with Crippen LogP contribution >= 0.6 is 11.3 Å². The first kappa shape index (κ1) is 16.3. The van der Waals surface area contributed by atoms with Gasteiger partial charge in [-0.2, -0.15) is 5.10 Å². The Bertz CT molecular complexity index is 1030. The maximum atomic E-state index is 12.6. The van der Waals surface area contributed by atoms with E-state index in [1.54, 1.807) is 13.8 Å².